The number of ether oxygens (including phenoxy) is 1. The summed E-state index contributed by atoms with van der Waals surface area (Å²) in [5.74, 6) is 0.448. The number of carbonyl (C=O) groups is 1. The Hall–Kier alpha value is -1.22. The fourth-order valence-corrected chi connectivity index (χ4v) is 1.69. The summed E-state index contributed by atoms with van der Waals surface area (Å²) in [4.78, 5) is 11.5. The van der Waals surface area contributed by atoms with E-state index in [0.29, 0.717) is 17.3 Å². The Morgan fingerprint density at radius 2 is 2.17 bits per heavy atom. The van der Waals surface area contributed by atoms with Crippen molar-refractivity contribution >= 4 is 17.5 Å². The molecule has 0 aliphatic heterocycles. The van der Waals surface area contributed by atoms with E-state index in [-0.39, 0.29) is 12.5 Å². The Morgan fingerprint density at radius 3 is 2.89 bits per heavy atom. The molecule has 0 aliphatic carbocycles. The van der Waals surface area contributed by atoms with Gasteiger partial charge in [-0.05, 0) is 31.0 Å². The molecule has 0 bridgehead atoms. The molecule has 0 fully saturated rings. The molecule has 0 unspecified atom stereocenters. The van der Waals surface area contributed by atoms with Crippen molar-refractivity contribution in [1.82, 2.24) is 5.32 Å². The molecule has 0 heterocycles. The Bertz CT molecular complexity index is 393. The summed E-state index contributed by atoms with van der Waals surface area (Å²) in [6, 6.07) is 5.50. The average Bonchev–Trinajstić information content (AvgIpc) is 2.36. The number of aryl methyl sites for hydroxylation is 1. The number of unbranched alkanes of at least 4 members (excludes halogenated alkanes) is 2. The van der Waals surface area contributed by atoms with Crippen LogP contribution in [-0.2, 0) is 4.79 Å². The second kappa shape index (κ2) is 7.98. The molecular formula is C14H20ClNO2. The highest BCUT2D eigenvalue weighted by atomic mass is 35.5. The van der Waals surface area contributed by atoms with Crippen molar-refractivity contribution in [2.75, 3.05) is 13.2 Å². The van der Waals surface area contributed by atoms with Crippen molar-refractivity contribution in [2.24, 2.45) is 0 Å². The van der Waals surface area contributed by atoms with E-state index in [9.17, 15) is 4.79 Å². The number of amides is 1. The lowest BCUT2D eigenvalue weighted by Crippen LogP contribution is -2.29. The van der Waals surface area contributed by atoms with Crippen LogP contribution in [0.15, 0.2) is 18.2 Å². The van der Waals surface area contributed by atoms with Crippen LogP contribution in [0.5, 0.6) is 5.75 Å². The lowest BCUT2D eigenvalue weighted by molar-refractivity contribution is -0.123. The summed E-state index contributed by atoms with van der Waals surface area (Å²) >= 11 is 5.97. The zero-order valence-corrected chi connectivity index (χ0v) is 11.7. The first-order valence-electron chi connectivity index (χ1n) is 6.29. The minimum absolute atomic E-state index is 0.00922. The van der Waals surface area contributed by atoms with Crippen LogP contribution in [0.3, 0.4) is 0 Å². The van der Waals surface area contributed by atoms with Crippen LogP contribution in [0.2, 0.25) is 5.02 Å². The molecular weight excluding hydrogens is 250 g/mol. The summed E-state index contributed by atoms with van der Waals surface area (Å²) in [6.45, 7) is 4.80. The molecule has 0 spiro atoms. The predicted molar refractivity (Wildman–Crippen MR) is 74.2 cm³/mol. The lowest BCUT2D eigenvalue weighted by atomic mass is 10.2. The Labute approximate surface area is 113 Å². The van der Waals surface area contributed by atoms with Crippen LogP contribution in [0.1, 0.15) is 31.7 Å². The van der Waals surface area contributed by atoms with Crippen molar-refractivity contribution in [3.05, 3.63) is 28.8 Å². The average molecular weight is 270 g/mol. The molecule has 1 amide bonds. The zero-order valence-electron chi connectivity index (χ0n) is 11.0. The molecule has 0 aromatic heterocycles. The molecule has 100 valence electrons. The van der Waals surface area contributed by atoms with Gasteiger partial charge in [0, 0.05) is 6.54 Å². The van der Waals surface area contributed by atoms with Gasteiger partial charge in [-0.3, -0.25) is 4.79 Å². The number of hydrogen-bond acceptors (Lipinski definition) is 2. The summed E-state index contributed by atoms with van der Waals surface area (Å²) in [7, 11) is 0. The Balaban J connectivity index is 2.31. The van der Waals surface area contributed by atoms with Crippen molar-refractivity contribution in [2.45, 2.75) is 33.1 Å². The molecule has 0 aliphatic rings. The van der Waals surface area contributed by atoms with Gasteiger partial charge in [0.2, 0.25) is 0 Å². The second-order valence-electron chi connectivity index (χ2n) is 4.28. The van der Waals surface area contributed by atoms with Crippen LogP contribution in [0.4, 0.5) is 0 Å². The molecule has 0 saturated carbocycles. The third-order valence-electron chi connectivity index (χ3n) is 2.55. The van der Waals surface area contributed by atoms with Gasteiger partial charge in [-0.2, -0.15) is 0 Å². The van der Waals surface area contributed by atoms with Gasteiger partial charge in [0.25, 0.3) is 5.91 Å². The molecule has 0 saturated heterocycles. The van der Waals surface area contributed by atoms with Gasteiger partial charge < -0.3 is 10.1 Å². The van der Waals surface area contributed by atoms with Crippen LogP contribution in [-0.4, -0.2) is 19.1 Å². The van der Waals surface area contributed by atoms with Gasteiger partial charge in [-0.25, -0.2) is 0 Å². The molecule has 4 heteroatoms. The highest BCUT2D eigenvalue weighted by Gasteiger charge is 2.05. The normalized spacial score (nSPS) is 10.2. The van der Waals surface area contributed by atoms with Crippen LogP contribution in [0.25, 0.3) is 0 Å². The number of carbonyl (C=O) groups excluding carboxylic acids is 1. The summed E-state index contributed by atoms with van der Waals surface area (Å²) in [5, 5.41) is 3.34. The van der Waals surface area contributed by atoms with E-state index in [2.05, 4.69) is 12.2 Å². The van der Waals surface area contributed by atoms with E-state index in [1.54, 1.807) is 6.07 Å². The highest BCUT2D eigenvalue weighted by molar-refractivity contribution is 6.32. The molecule has 1 rings (SSSR count). The maximum absolute atomic E-state index is 11.5. The summed E-state index contributed by atoms with van der Waals surface area (Å²) in [5.41, 5.74) is 1.05. The first kappa shape index (κ1) is 14.8. The van der Waals surface area contributed by atoms with Crippen molar-refractivity contribution in [1.29, 1.82) is 0 Å². The molecule has 3 nitrogen and oxygen atoms in total. The molecule has 18 heavy (non-hydrogen) atoms. The molecule has 1 aromatic rings. The fourth-order valence-electron chi connectivity index (χ4n) is 1.52. The molecule has 1 N–H and O–H groups in total. The summed E-state index contributed by atoms with van der Waals surface area (Å²) < 4.78 is 5.39. The smallest absolute Gasteiger partial charge is 0.257 e. The van der Waals surface area contributed by atoms with Crippen LogP contribution >= 0.6 is 11.6 Å². The van der Waals surface area contributed by atoms with E-state index in [1.807, 2.05) is 19.1 Å². The van der Waals surface area contributed by atoms with E-state index in [1.165, 1.54) is 0 Å². The fraction of sp³-hybridized carbons (Fsp3) is 0.500. The SMILES string of the molecule is CCCCCNC(=O)COc1cc(C)ccc1Cl. The maximum Gasteiger partial charge on any atom is 0.257 e. The first-order valence-corrected chi connectivity index (χ1v) is 6.67. The van der Waals surface area contributed by atoms with E-state index >= 15 is 0 Å². The first-order chi connectivity index (χ1) is 8.63. The number of benzene rings is 1. The third-order valence-corrected chi connectivity index (χ3v) is 2.86. The number of nitrogens with one attached hydrogen (secondary N) is 1. The third kappa shape index (κ3) is 5.41. The quantitative estimate of drug-likeness (QED) is 0.771. The largest absolute Gasteiger partial charge is 0.482 e. The van der Waals surface area contributed by atoms with Gasteiger partial charge in [-0.1, -0.05) is 37.4 Å². The zero-order chi connectivity index (χ0) is 13.4. The van der Waals surface area contributed by atoms with E-state index < -0.39 is 0 Å². The molecule has 1 aromatic carbocycles. The summed E-state index contributed by atoms with van der Waals surface area (Å²) in [6.07, 6.45) is 3.28. The number of hydrogen-bond donors (Lipinski definition) is 1. The van der Waals surface area contributed by atoms with Gasteiger partial charge >= 0.3 is 0 Å². The maximum atomic E-state index is 11.5. The van der Waals surface area contributed by atoms with Gasteiger partial charge in [0.05, 0.1) is 5.02 Å². The molecule has 0 atom stereocenters. The second-order valence-corrected chi connectivity index (χ2v) is 4.69. The highest BCUT2D eigenvalue weighted by Crippen LogP contribution is 2.24. The van der Waals surface area contributed by atoms with Crippen molar-refractivity contribution < 1.29 is 9.53 Å². The van der Waals surface area contributed by atoms with Crippen LogP contribution < -0.4 is 10.1 Å². The predicted octanol–water partition coefficient (Wildman–Crippen LogP) is 3.33. The van der Waals surface area contributed by atoms with E-state index in [0.717, 1.165) is 24.8 Å². The Morgan fingerprint density at radius 1 is 1.39 bits per heavy atom. The van der Waals surface area contributed by atoms with Gasteiger partial charge in [0.15, 0.2) is 6.61 Å². The van der Waals surface area contributed by atoms with Crippen LogP contribution in [0, 0.1) is 6.92 Å². The number of rotatable bonds is 7. The van der Waals surface area contributed by atoms with Crippen molar-refractivity contribution in [3.8, 4) is 5.75 Å². The van der Waals surface area contributed by atoms with Gasteiger partial charge in [0.1, 0.15) is 5.75 Å². The topological polar surface area (TPSA) is 38.3 Å². The van der Waals surface area contributed by atoms with Gasteiger partial charge in [-0.15, -0.1) is 0 Å². The van der Waals surface area contributed by atoms with E-state index in [4.69, 9.17) is 16.3 Å². The monoisotopic (exact) mass is 269 g/mol. The number of halogens is 1. The minimum Gasteiger partial charge on any atom is -0.482 e. The standard InChI is InChI=1S/C14H20ClNO2/c1-3-4-5-8-16-14(17)10-18-13-9-11(2)6-7-12(13)15/h6-7,9H,3-5,8,10H2,1-2H3,(H,16,17). The van der Waals surface area contributed by atoms with Crippen molar-refractivity contribution in [3.63, 3.8) is 0 Å². The Kier molecular flexibility index (Phi) is 6.58. The lowest BCUT2D eigenvalue weighted by Gasteiger charge is -2.09. The minimum atomic E-state index is -0.108. The molecule has 0 radical (unpaired) electrons.